The minimum Gasteiger partial charge on any atom is -0.756 e. The van der Waals surface area contributed by atoms with Crippen LogP contribution >= 0.6 is 7.82 Å². The molecule has 0 aromatic heterocycles. The van der Waals surface area contributed by atoms with Crippen molar-refractivity contribution in [1.82, 2.24) is 0 Å². The third-order valence-electron chi connectivity index (χ3n) is 5.61. The Morgan fingerprint density at radius 3 is 2.03 bits per heavy atom. The van der Waals surface area contributed by atoms with Gasteiger partial charge >= 0.3 is 5.97 Å². The minimum atomic E-state index is -4.36. The fraction of sp³-hybridized carbons (Fsp3) is 0.889. The van der Waals surface area contributed by atoms with Crippen LogP contribution in [0.2, 0.25) is 0 Å². The summed E-state index contributed by atoms with van der Waals surface area (Å²) >= 11 is 0. The van der Waals surface area contributed by atoms with Gasteiger partial charge in [0, 0.05) is 19.6 Å². The van der Waals surface area contributed by atoms with E-state index in [1.807, 2.05) is 6.92 Å². The van der Waals surface area contributed by atoms with Crippen molar-refractivity contribution in [1.29, 1.82) is 0 Å². The average Bonchev–Trinajstić information content (AvgIpc) is 2.84. The van der Waals surface area contributed by atoms with E-state index < -0.39 is 19.9 Å². The Morgan fingerprint density at radius 2 is 1.39 bits per heavy atom. The minimum absolute atomic E-state index is 0.0772. The Morgan fingerprint density at radius 1 is 0.778 bits per heavy atom. The predicted molar refractivity (Wildman–Crippen MR) is 142 cm³/mol. The van der Waals surface area contributed by atoms with Gasteiger partial charge in [-0.05, 0) is 51.4 Å². The molecule has 0 amide bonds. The Balaban J connectivity index is 3.91. The number of carboxylic acid groups (broad SMARTS) is 1. The van der Waals surface area contributed by atoms with Crippen molar-refractivity contribution in [2.24, 2.45) is 0 Å². The van der Waals surface area contributed by atoms with Crippen LogP contribution in [-0.4, -0.2) is 50.2 Å². The normalized spacial score (nSPS) is 14.3. The van der Waals surface area contributed by atoms with Gasteiger partial charge in [0.05, 0.1) is 19.8 Å². The number of allylic oxidation sites excluding steroid dienone is 2. The number of ether oxygens (including phenoxy) is 2. The van der Waals surface area contributed by atoms with E-state index in [-0.39, 0.29) is 26.2 Å². The molecule has 0 radical (unpaired) electrons. The molecule has 0 spiro atoms. The van der Waals surface area contributed by atoms with Gasteiger partial charge in [-0.3, -0.25) is 9.36 Å². The van der Waals surface area contributed by atoms with Crippen molar-refractivity contribution < 1.29 is 37.9 Å². The quantitative estimate of drug-likeness (QED) is 0.0660. The maximum atomic E-state index is 11.8. The lowest BCUT2D eigenvalue weighted by molar-refractivity contribution is -0.228. The first-order valence-corrected chi connectivity index (χ1v) is 15.5. The van der Waals surface area contributed by atoms with Crippen molar-refractivity contribution in [3.8, 4) is 0 Å². The highest BCUT2D eigenvalue weighted by molar-refractivity contribution is 7.45. The molecule has 0 saturated carbocycles. The van der Waals surface area contributed by atoms with Gasteiger partial charge in [-0.1, -0.05) is 70.9 Å². The first-order chi connectivity index (χ1) is 17.4. The molecule has 0 aliphatic heterocycles. The number of unbranched alkanes of at least 4 members (excludes halogenated alkanes) is 11. The molecule has 8 nitrogen and oxygen atoms in total. The Hall–Kier alpha value is -0.760. The third kappa shape index (κ3) is 26.3. The maximum absolute atomic E-state index is 11.8. The first-order valence-electron chi connectivity index (χ1n) is 14.1. The highest BCUT2D eigenvalue weighted by Gasteiger charge is 2.16. The standard InChI is InChI=1S/C27H53O8P/c1-3-5-6-7-8-9-10-11-12-13-14-15-16-18-22-32-24-26(33-23-19-17-20-27(28)29)25-35-36(30,31)34-21-4-2/h9-10,26H,3-8,11-25H2,1-2H3,(H,28,29)(H,30,31)/p-1/b10-9+. The van der Waals surface area contributed by atoms with E-state index in [4.69, 9.17) is 23.6 Å². The molecule has 214 valence electrons. The smallest absolute Gasteiger partial charge is 0.303 e. The van der Waals surface area contributed by atoms with E-state index in [1.54, 1.807) is 0 Å². The van der Waals surface area contributed by atoms with Crippen LogP contribution in [0.5, 0.6) is 0 Å². The highest BCUT2D eigenvalue weighted by Crippen LogP contribution is 2.38. The SMILES string of the molecule is CCCCCC/C=C/CCCCCCCCOCC(COP(=O)([O-])OCCC)OCCCCC(=O)O. The summed E-state index contributed by atoms with van der Waals surface area (Å²) in [6.07, 6.45) is 20.5. The van der Waals surface area contributed by atoms with Crippen molar-refractivity contribution in [2.45, 2.75) is 123 Å². The third-order valence-corrected chi connectivity index (χ3v) is 6.58. The van der Waals surface area contributed by atoms with Crippen LogP contribution in [0.25, 0.3) is 0 Å². The second-order valence-electron chi connectivity index (χ2n) is 9.23. The van der Waals surface area contributed by atoms with E-state index in [0.29, 0.717) is 32.5 Å². The number of rotatable bonds is 28. The zero-order valence-corrected chi connectivity index (χ0v) is 23.7. The first kappa shape index (κ1) is 35.2. The topological polar surface area (TPSA) is 114 Å². The zero-order chi connectivity index (χ0) is 26.7. The van der Waals surface area contributed by atoms with Crippen molar-refractivity contribution >= 4 is 13.8 Å². The maximum Gasteiger partial charge on any atom is 0.303 e. The molecule has 0 rings (SSSR count). The Kier molecular flexibility index (Phi) is 25.3. The van der Waals surface area contributed by atoms with Crippen LogP contribution in [0.3, 0.4) is 0 Å². The number of phosphoric ester groups is 1. The van der Waals surface area contributed by atoms with Gasteiger partial charge in [0.15, 0.2) is 0 Å². The largest absolute Gasteiger partial charge is 0.756 e. The van der Waals surface area contributed by atoms with Crippen LogP contribution in [-0.2, 0) is 27.9 Å². The van der Waals surface area contributed by atoms with Gasteiger partial charge in [-0.15, -0.1) is 0 Å². The van der Waals surface area contributed by atoms with Gasteiger partial charge in [0.1, 0.15) is 6.10 Å². The van der Waals surface area contributed by atoms with E-state index in [0.717, 1.165) is 12.8 Å². The van der Waals surface area contributed by atoms with Gasteiger partial charge in [0.2, 0.25) is 0 Å². The molecule has 1 N–H and O–H groups in total. The molecule has 36 heavy (non-hydrogen) atoms. The molecule has 0 heterocycles. The summed E-state index contributed by atoms with van der Waals surface area (Å²) in [6.45, 7) is 5.07. The van der Waals surface area contributed by atoms with Gasteiger partial charge in [-0.2, -0.15) is 0 Å². The number of carbonyl (C=O) groups is 1. The second-order valence-corrected chi connectivity index (χ2v) is 10.6. The van der Waals surface area contributed by atoms with Gasteiger partial charge in [0.25, 0.3) is 7.82 Å². The molecule has 0 fully saturated rings. The summed E-state index contributed by atoms with van der Waals surface area (Å²) in [5, 5.41) is 8.71. The lowest BCUT2D eigenvalue weighted by Crippen LogP contribution is -2.27. The number of hydrogen-bond donors (Lipinski definition) is 1. The molecule has 2 atom stereocenters. The summed E-state index contributed by atoms with van der Waals surface area (Å²) in [4.78, 5) is 22.4. The number of carboxylic acids is 1. The summed E-state index contributed by atoms with van der Waals surface area (Å²) in [7, 11) is -4.36. The second kappa shape index (κ2) is 25.9. The molecular formula is C27H52O8P-. The predicted octanol–water partition coefficient (Wildman–Crippen LogP) is 6.81. The van der Waals surface area contributed by atoms with Crippen LogP contribution in [0, 0.1) is 0 Å². The zero-order valence-electron chi connectivity index (χ0n) is 22.8. The van der Waals surface area contributed by atoms with Crippen molar-refractivity contribution in [3.05, 3.63) is 12.2 Å². The molecule has 0 aromatic carbocycles. The van der Waals surface area contributed by atoms with Crippen LogP contribution in [0.15, 0.2) is 12.2 Å². The lowest BCUT2D eigenvalue weighted by Gasteiger charge is -2.25. The average molecular weight is 536 g/mol. The van der Waals surface area contributed by atoms with E-state index >= 15 is 0 Å². The molecule has 2 unspecified atom stereocenters. The summed E-state index contributed by atoms with van der Waals surface area (Å²) in [5.74, 6) is -0.844. The molecule has 0 aliphatic carbocycles. The Labute approximate surface area is 219 Å². The fourth-order valence-electron chi connectivity index (χ4n) is 3.50. The molecule has 0 aliphatic rings. The van der Waals surface area contributed by atoms with Gasteiger partial charge < -0.3 is 28.5 Å². The summed E-state index contributed by atoms with van der Waals surface area (Å²) in [6, 6.07) is 0. The lowest BCUT2D eigenvalue weighted by atomic mass is 10.1. The molecule has 0 saturated heterocycles. The molecular weight excluding hydrogens is 483 g/mol. The highest BCUT2D eigenvalue weighted by atomic mass is 31.2. The van der Waals surface area contributed by atoms with E-state index in [9.17, 15) is 14.3 Å². The fourth-order valence-corrected chi connectivity index (χ4v) is 4.33. The molecule has 0 bridgehead atoms. The summed E-state index contributed by atoms with van der Waals surface area (Å²) < 4.78 is 32.9. The van der Waals surface area contributed by atoms with Crippen molar-refractivity contribution in [3.63, 3.8) is 0 Å². The molecule has 0 aromatic rings. The van der Waals surface area contributed by atoms with E-state index in [2.05, 4.69) is 19.1 Å². The number of hydrogen-bond acceptors (Lipinski definition) is 7. The number of phosphoric acid groups is 1. The van der Waals surface area contributed by atoms with Crippen LogP contribution < -0.4 is 4.89 Å². The number of aliphatic carboxylic acids is 1. The van der Waals surface area contributed by atoms with Crippen molar-refractivity contribution in [2.75, 3.05) is 33.0 Å². The Bertz CT molecular complexity index is 570. The monoisotopic (exact) mass is 535 g/mol. The molecule has 9 heteroatoms. The van der Waals surface area contributed by atoms with Crippen LogP contribution in [0.1, 0.15) is 117 Å². The van der Waals surface area contributed by atoms with Crippen LogP contribution in [0.4, 0.5) is 0 Å². The van der Waals surface area contributed by atoms with Gasteiger partial charge in [-0.25, -0.2) is 0 Å². The van der Waals surface area contributed by atoms with E-state index in [1.165, 1.54) is 64.2 Å². The summed E-state index contributed by atoms with van der Waals surface area (Å²) in [5.41, 5.74) is 0.